The fourth-order valence-electron chi connectivity index (χ4n) is 4.04. The molecule has 0 unspecified atom stereocenters. The quantitative estimate of drug-likeness (QED) is 0.133. The van der Waals surface area contributed by atoms with Crippen molar-refractivity contribution in [1.82, 2.24) is 4.98 Å². The number of ether oxygens (including phenoxy) is 1. The lowest BCUT2D eigenvalue weighted by molar-refractivity contribution is -0.384. The molecule has 9 nitrogen and oxygen atoms in total. The third-order valence-corrected chi connectivity index (χ3v) is 6.77. The number of aromatic nitrogens is 1. The molecule has 0 spiro atoms. The van der Waals surface area contributed by atoms with Gasteiger partial charge in [-0.1, -0.05) is 23.5 Å². The standard InChI is InChI=1S/C25H16FN3O6S/c1-35-17-9-10-18-19(12-17)36-25(27-18)28-21(14-3-2-4-16(11-14)29(33)34)20(23(31)24(28)32)22(30)13-5-7-15(26)8-6-13/h2-12,21,30H,1H3/t21-/m1/s1. The number of anilines is 1. The predicted molar refractivity (Wildman–Crippen MR) is 130 cm³/mol. The van der Waals surface area contributed by atoms with Gasteiger partial charge in [0.1, 0.15) is 17.3 Å². The van der Waals surface area contributed by atoms with Crippen LogP contribution in [0.15, 0.2) is 72.3 Å². The highest BCUT2D eigenvalue weighted by Gasteiger charge is 2.48. The van der Waals surface area contributed by atoms with Crippen molar-refractivity contribution in [3.05, 3.63) is 99.4 Å². The van der Waals surface area contributed by atoms with Gasteiger partial charge in [-0.15, -0.1) is 0 Å². The smallest absolute Gasteiger partial charge is 0.301 e. The van der Waals surface area contributed by atoms with Crippen molar-refractivity contribution in [2.24, 2.45) is 0 Å². The Balaban J connectivity index is 1.74. The minimum atomic E-state index is -1.21. The van der Waals surface area contributed by atoms with Gasteiger partial charge < -0.3 is 9.84 Å². The monoisotopic (exact) mass is 505 g/mol. The number of carbonyl (C=O) groups is 2. The lowest BCUT2D eigenvalue weighted by Crippen LogP contribution is -2.29. The first-order chi connectivity index (χ1) is 17.3. The first kappa shape index (κ1) is 23.1. The van der Waals surface area contributed by atoms with E-state index in [9.17, 15) is 29.2 Å². The topological polar surface area (TPSA) is 123 Å². The number of non-ortho nitro benzene ring substituents is 1. The van der Waals surface area contributed by atoms with Gasteiger partial charge in [-0.25, -0.2) is 9.37 Å². The third-order valence-electron chi connectivity index (χ3n) is 5.75. The molecule has 3 aromatic carbocycles. The summed E-state index contributed by atoms with van der Waals surface area (Å²) in [7, 11) is 1.51. The first-order valence-corrected chi connectivity index (χ1v) is 11.4. The van der Waals surface area contributed by atoms with Crippen LogP contribution in [0.3, 0.4) is 0 Å². The third kappa shape index (κ3) is 3.85. The molecule has 0 saturated carbocycles. The summed E-state index contributed by atoms with van der Waals surface area (Å²) in [4.78, 5) is 43.0. The Kier molecular flexibility index (Phi) is 5.69. The van der Waals surface area contributed by atoms with Crippen LogP contribution in [0.4, 0.5) is 15.2 Å². The van der Waals surface area contributed by atoms with Gasteiger partial charge in [0.05, 0.1) is 33.9 Å². The van der Waals surface area contributed by atoms with Crippen LogP contribution < -0.4 is 9.64 Å². The SMILES string of the molecule is COc1ccc2nc(N3C(=O)C(=O)C(=C(O)c4ccc(F)cc4)[C@H]3c3cccc([N+](=O)[O-])c3)sc2c1. The molecule has 1 saturated heterocycles. The summed E-state index contributed by atoms with van der Waals surface area (Å²) in [5, 5.41) is 22.7. The summed E-state index contributed by atoms with van der Waals surface area (Å²) in [6, 6.07) is 14.1. The second kappa shape index (κ2) is 8.86. The number of aliphatic hydroxyl groups excluding tert-OH is 1. The number of methoxy groups -OCH3 is 1. The molecule has 1 aromatic heterocycles. The Morgan fingerprint density at radius 1 is 1.14 bits per heavy atom. The zero-order chi connectivity index (χ0) is 25.6. The van der Waals surface area contributed by atoms with Crippen molar-refractivity contribution < 1.29 is 28.7 Å². The fourth-order valence-corrected chi connectivity index (χ4v) is 5.06. The van der Waals surface area contributed by atoms with E-state index < -0.39 is 34.2 Å². The molecule has 1 atom stereocenters. The second-order valence-electron chi connectivity index (χ2n) is 7.86. The van der Waals surface area contributed by atoms with E-state index in [-0.39, 0.29) is 27.5 Å². The van der Waals surface area contributed by atoms with E-state index in [4.69, 9.17) is 4.74 Å². The van der Waals surface area contributed by atoms with Crippen LogP contribution in [-0.2, 0) is 9.59 Å². The molecule has 4 aromatic rings. The minimum Gasteiger partial charge on any atom is -0.507 e. The van der Waals surface area contributed by atoms with E-state index in [1.807, 2.05) is 0 Å². The number of hydrogen-bond acceptors (Lipinski definition) is 8. The minimum absolute atomic E-state index is 0.110. The van der Waals surface area contributed by atoms with Crippen LogP contribution in [0.25, 0.3) is 16.0 Å². The normalized spacial score (nSPS) is 17.1. The number of benzene rings is 3. The average molecular weight is 505 g/mol. The van der Waals surface area contributed by atoms with Crippen LogP contribution >= 0.6 is 11.3 Å². The van der Waals surface area contributed by atoms with Crippen LogP contribution in [0.5, 0.6) is 5.75 Å². The molecule has 1 aliphatic rings. The molecule has 2 heterocycles. The van der Waals surface area contributed by atoms with Crippen molar-refractivity contribution in [3.8, 4) is 5.75 Å². The zero-order valence-electron chi connectivity index (χ0n) is 18.5. The molecule has 1 fully saturated rings. The number of hydrogen-bond donors (Lipinski definition) is 1. The molecule has 11 heteroatoms. The van der Waals surface area contributed by atoms with E-state index in [1.165, 1.54) is 43.5 Å². The fraction of sp³-hybridized carbons (Fsp3) is 0.0800. The molecule has 5 rings (SSSR count). The summed E-state index contributed by atoms with van der Waals surface area (Å²) in [6.07, 6.45) is 0. The molecule has 1 aliphatic heterocycles. The van der Waals surface area contributed by atoms with Crippen molar-refractivity contribution in [1.29, 1.82) is 0 Å². The molecule has 1 N–H and O–H groups in total. The molecular weight excluding hydrogens is 489 g/mol. The number of fused-ring (bicyclic) bond motifs is 1. The number of ketones is 1. The first-order valence-electron chi connectivity index (χ1n) is 10.5. The van der Waals surface area contributed by atoms with Gasteiger partial charge in [0.15, 0.2) is 5.13 Å². The van der Waals surface area contributed by atoms with Crippen LogP contribution in [-0.4, -0.2) is 33.8 Å². The number of rotatable bonds is 5. The van der Waals surface area contributed by atoms with E-state index in [2.05, 4.69) is 4.98 Å². The van der Waals surface area contributed by atoms with Gasteiger partial charge in [-0.05, 0) is 48.0 Å². The lowest BCUT2D eigenvalue weighted by atomic mass is 9.95. The van der Waals surface area contributed by atoms with Crippen molar-refractivity contribution in [3.63, 3.8) is 0 Å². The maximum atomic E-state index is 13.5. The molecular formula is C25H16FN3O6S. The van der Waals surface area contributed by atoms with Crippen molar-refractivity contribution in [2.45, 2.75) is 6.04 Å². The maximum Gasteiger partial charge on any atom is 0.301 e. The number of nitro groups is 1. The number of carbonyl (C=O) groups excluding carboxylic acids is 2. The Morgan fingerprint density at radius 3 is 2.58 bits per heavy atom. The summed E-state index contributed by atoms with van der Waals surface area (Å²) in [5.41, 5.74) is 0.342. The average Bonchev–Trinajstić information content (AvgIpc) is 3.41. The molecule has 36 heavy (non-hydrogen) atoms. The highest BCUT2D eigenvalue weighted by molar-refractivity contribution is 7.22. The molecule has 0 radical (unpaired) electrons. The van der Waals surface area contributed by atoms with E-state index in [0.29, 0.717) is 16.0 Å². The summed E-state index contributed by atoms with van der Waals surface area (Å²) < 4.78 is 19.4. The Morgan fingerprint density at radius 2 is 1.89 bits per heavy atom. The Bertz CT molecular complexity index is 1580. The van der Waals surface area contributed by atoms with Crippen LogP contribution in [0.2, 0.25) is 0 Å². The van der Waals surface area contributed by atoms with Gasteiger partial charge >= 0.3 is 5.91 Å². The van der Waals surface area contributed by atoms with E-state index in [1.54, 1.807) is 18.2 Å². The largest absolute Gasteiger partial charge is 0.507 e. The summed E-state index contributed by atoms with van der Waals surface area (Å²) in [6.45, 7) is 0. The van der Waals surface area contributed by atoms with Crippen LogP contribution in [0, 0.1) is 15.9 Å². The van der Waals surface area contributed by atoms with Gasteiger partial charge in [-0.3, -0.25) is 24.6 Å². The molecule has 0 bridgehead atoms. The van der Waals surface area contributed by atoms with Gasteiger partial charge in [0, 0.05) is 17.7 Å². The number of nitro benzene ring substituents is 1. The number of amides is 1. The van der Waals surface area contributed by atoms with Gasteiger partial charge in [0.25, 0.3) is 11.5 Å². The molecule has 180 valence electrons. The highest BCUT2D eigenvalue weighted by Crippen LogP contribution is 2.45. The van der Waals surface area contributed by atoms with Crippen LogP contribution in [0.1, 0.15) is 17.2 Å². The highest BCUT2D eigenvalue weighted by atomic mass is 32.1. The van der Waals surface area contributed by atoms with E-state index >= 15 is 0 Å². The number of halogens is 1. The number of Topliss-reactive ketones (excluding diaryl/α,β-unsaturated/α-hetero) is 1. The Labute approximate surface area is 206 Å². The molecule has 1 amide bonds. The second-order valence-corrected chi connectivity index (χ2v) is 8.87. The number of aliphatic hydroxyl groups is 1. The maximum absolute atomic E-state index is 13.5. The van der Waals surface area contributed by atoms with Gasteiger partial charge in [0.2, 0.25) is 0 Å². The summed E-state index contributed by atoms with van der Waals surface area (Å²) >= 11 is 1.12. The predicted octanol–water partition coefficient (Wildman–Crippen LogP) is 4.98. The summed E-state index contributed by atoms with van der Waals surface area (Å²) in [5.74, 6) is -2.46. The van der Waals surface area contributed by atoms with Crippen molar-refractivity contribution in [2.75, 3.05) is 12.0 Å². The molecule has 0 aliphatic carbocycles. The number of thiazole rings is 1. The van der Waals surface area contributed by atoms with Gasteiger partial charge in [-0.2, -0.15) is 0 Å². The zero-order valence-corrected chi connectivity index (χ0v) is 19.4. The van der Waals surface area contributed by atoms with Crippen molar-refractivity contribution >= 4 is 49.8 Å². The lowest BCUT2D eigenvalue weighted by Gasteiger charge is -2.22. The Hall–Kier alpha value is -4.64. The number of nitrogens with zero attached hydrogens (tertiary/aromatic N) is 3. The van der Waals surface area contributed by atoms with E-state index in [0.717, 1.165) is 28.4 Å².